The molecule has 2 aromatic rings. The first kappa shape index (κ1) is 19.1. The zero-order chi connectivity index (χ0) is 19.2. The molecule has 0 bridgehead atoms. The number of nitrogens with zero attached hydrogens (tertiary/aromatic N) is 2. The molecule has 0 unspecified atom stereocenters. The number of carbonyl (C=O) groups excluding carboxylic acids is 2. The van der Waals surface area contributed by atoms with Crippen LogP contribution < -0.4 is 0 Å². The Morgan fingerprint density at radius 1 is 0.926 bits per heavy atom. The van der Waals surface area contributed by atoms with Crippen molar-refractivity contribution in [2.24, 2.45) is 0 Å². The maximum atomic E-state index is 12.9. The van der Waals surface area contributed by atoms with Crippen LogP contribution in [0.4, 0.5) is 0 Å². The number of hydrogen-bond acceptors (Lipinski definition) is 3. The summed E-state index contributed by atoms with van der Waals surface area (Å²) in [6.07, 6.45) is 0.353. The van der Waals surface area contributed by atoms with Gasteiger partial charge in [0.1, 0.15) is 0 Å². The van der Waals surface area contributed by atoms with Crippen molar-refractivity contribution >= 4 is 11.8 Å². The van der Waals surface area contributed by atoms with Crippen molar-refractivity contribution in [3.05, 3.63) is 71.3 Å². The number of amides is 2. The van der Waals surface area contributed by atoms with Crippen LogP contribution in [0.5, 0.6) is 0 Å². The van der Waals surface area contributed by atoms with Crippen LogP contribution in [0.1, 0.15) is 40.9 Å². The molecule has 1 fully saturated rings. The average molecular weight is 366 g/mol. The van der Waals surface area contributed by atoms with E-state index in [0.29, 0.717) is 38.2 Å². The van der Waals surface area contributed by atoms with Gasteiger partial charge in [-0.1, -0.05) is 55.5 Å². The maximum absolute atomic E-state index is 12.9. The van der Waals surface area contributed by atoms with Gasteiger partial charge in [-0.25, -0.2) is 0 Å². The zero-order valence-electron chi connectivity index (χ0n) is 15.7. The molecule has 5 nitrogen and oxygen atoms in total. The third kappa shape index (κ3) is 4.37. The van der Waals surface area contributed by atoms with Crippen LogP contribution in [0.15, 0.2) is 54.6 Å². The molecular formula is C22H26N2O3. The molecule has 1 aliphatic rings. The molecule has 0 saturated carbocycles. The van der Waals surface area contributed by atoms with Gasteiger partial charge in [-0.3, -0.25) is 9.59 Å². The molecule has 1 heterocycles. The molecule has 0 spiro atoms. The summed E-state index contributed by atoms with van der Waals surface area (Å²) in [5.41, 5.74) is 2.37. The number of aryl methyl sites for hydroxylation is 1. The van der Waals surface area contributed by atoms with E-state index in [1.54, 1.807) is 29.2 Å². The average Bonchev–Trinajstić information content (AvgIpc) is 2.99. The van der Waals surface area contributed by atoms with Crippen molar-refractivity contribution in [1.29, 1.82) is 0 Å². The van der Waals surface area contributed by atoms with Gasteiger partial charge in [-0.15, -0.1) is 0 Å². The van der Waals surface area contributed by atoms with Gasteiger partial charge in [0.15, 0.2) is 6.10 Å². The monoisotopic (exact) mass is 366 g/mol. The predicted molar refractivity (Wildman–Crippen MR) is 104 cm³/mol. The van der Waals surface area contributed by atoms with Crippen molar-refractivity contribution in [2.45, 2.75) is 25.9 Å². The van der Waals surface area contributed by atoms with E-state index < -0.39 is 6.10 Å². The normalized spacial score (nSPS) is 15.9. The Kier molecular flexibility index (Phi) is 6.24. The highest BCUT2D eigenvalue weighted by Crippen LogP contribution is 2.18. The lowest BCUT2D eigenvalue weighted by Crippen LogP contribution is -2.39. The first-order chi connectivity index (χ1) is 13.1. The number of benzene rings is 2. The molecule has 0 radical (unpaired) electrons. The Balaban J connectivity index is 1.66. The van der Waals surface area contributed by atoms with E-state index in [1.807, 2.05) is 42.2 Å². The van der Waals surface area contributed by atoms with Gasteiger partial charge in [0.2, 0.25) is 0 Å². The molecular weight excluding hydrogens is 340 g/mol. The molecule has 1 N–H and O–H groups in total. The molecule has 2 aromatic carbocycles. The molecule has 3 rings (SSSR count). The van der Waals surface area contributed by atoms with E-state index in [0.717, 1.165) is 17.5 Å². The topological polar surface area (TPSA) is 60.9 Å². The maximum Gasteiger partial charge on any atom is 0.256 e. The summed E-state index contributed by atoms with van der Waals surface area (Å²) in [4.78, 5) is 29.1. The lowest BCUT2D eigenvalue weighted by Gasteiger charge is -2.24. The van der Waals surface area contributed by atoms with Crippen molar-refractivity contribution < 1.29 is 14.7 Å². The summed E-state index contributed by atoms with van der Waals surface area (Å²) in [6.45, 7) is 4.11. The van der Waals surface area contributed by atoms with Crippen LogP contribution in [-0.4, -0.2) is 52.9 Å². The number of aliphatic hydroxyl groups excluding tert-OH is 1. The molecule has 142 valence electrons. The number of carbonyl (C=O) groups is 2. The van der Waals surface area contributed by atoms with E-state index in [9.17, 15) is 14.7 Å². The molecule has 1 aliphatic heterocycles. The van der Waals surface area contributed by atoms with E-state index in [1.165, 1.54) is 0 Å². The summed E-state index contributed by atoms with van der Waals surface area (Å²) in [6, 6.07) is 16.6. The third-order valence-corrected chi connectivity index (χ3v) is 5.07. The largest absolute Gasteiger partial charge is 0.378 e. The highest BCUT2D eigenvalue weighted by atomic mass is 16.3. The first-order valence-electron chi connectivity index (χ1n) is 9.50. The second-order valence-electron chi connectivity index (χ2n) is 6.79. The lowest BCUT2D eigenvalue weighted by atomic mass is 10.0. The predicted octanol–water partition coefficient (Wildman–Crippen LogP) is 2.66. The molecule has 1 saturated heterocycles. The third-order valence-electron chi connectivity index (χ3n) is 5.07. The fraction of sp³-hybridized carbons (Fsp3) is 0.364. The van der Waals surface area contributed by atoms with Crippen LogP contribution in [0.2, 0.25) is 0 Å². The molecule has 2 amide bonds. The molecule has 1 atom stereocenters. The fourth-order valence-corrected chi connectivity index (χ4v) is 3.50. The van der Waals surface area contributed by atoms with Crippen LogP contribution in [-0.2, 0) is 11.2 Å². The Labute approximate surface area is 160 Å². The van der Waals surface area contributed by atoms with Gasteiger partial charge in [-0.2, -0.15) is 0 Å². The van der Waals surface area contributed by atoms with Gasteiger partial charge in [-0.05, 0) is 30.0 Å². The van der Waals surface area contributed by atoms with Crippen molar-refractivity contribution in [3.63, 3.8) is 0 Å². The van der Waals surface area contributed by atoms with E-state index in [4.69, 9.17) is 0 Å². The Morgan fingerprint density at radius 3 is 2.30 bits per heavy atom. The van der Waals surface area contributed by atoms with Crippen molar-refractivity contribution in [2.75, 3.05) is 26.2 Å². The minimum atomic E-state index is -1.16. The molecule has 0 aromatic heterocycles. The van der Waals surface area contributed by atoms with Crippen LogP contribution in [0.25, 0.3) is 0 Å². The van der Waals surface area contributed by atoms with Gasteiger partial charge < -0.3 is 14.9 Å². The Morgan fingerprint density at radius 2 is 1.56 bits per heavy atom. The first-order valence-corrected chi connectivity index (χ1v) is 9.50. The summed E-state index contributed by atoms with van der Waals surface area (Å²) < 4.78 is 0. The van der Waals surface area contributed by atoms with Crippen molar-refractivity contribution in [3.8, 4) is 0 Å². The van der Waals surface area contributed by atoms with Crippen LogP contribution in [0, 0.1) is 0 Å². The quantitative estimate of drug-likeness (QED) is 0.905. The summed E-state index contributed by atoms with van der Waals surface area (Å²) in [5, 5.41) is 10.4. The lowest BCUT2D eigenvalue weighted by molar-refractivity contribution is -0.140. The SMILES string of the molecule is CCc1ccccc1C(=O)N1CCCN(C(=O)[C@@H](O)c2ccccc2)CC1. The highest BCUT2D eigenvalue weighted by molar-refractivity contribution is 5.95. The standard InChI is InChI=1S/C22H26N2O3/c1-2-17-9-6-7-12-19(17)21(26)23-13-8-14-24(16-15-23)22(27)20(25)18-10-4-3-5-11-18/h3-7,9-12,20,25H,2,8,13-16H2,1H3/t20-/m0/s1. The second-order valence-corrected chi connectivity index (χ2v) is 6.79. The minimum absolute atomic E-state index is 0.0188. The van der Waals surface area contributed by atoms with Gasteiger partial charge >= 0.3 is 0 Å². The highest BCUT2D eigenvalue weighted by Gasteiger charge is 2.27. The van der Waals surface area contributed by atoms with E-state index in [2.05, 4.69) is 0 Å². The van der Waals surface area contributed by atoms with Gasteiger partial charge in [0, 0.05) is 31.7 Å². The van der Waals surface area contributed by atoms with Gasteiger partial charge in [0.25, 0.3) is 11.8 Å². The smallest absolute Gasteiger partial charge is 0.256 e. The molecule has 5 heteroatoms. The number of hydrogen-bond donors (Lipinski definition) is 1. The Hall–Kier alpha value is -2.66. The fourth-order valence-electron chi connectivity index (χ4n) is 3.50. The van der Waals surface area contributed by atoms with E-state index in [-0.39, 0.29) is 11.8 Å². The second kappa shape index (κ2) is 8.82. The van der Waals surface area contributed by atoms with E-state index >= 15 is 0 Å². The summed E-state index contributed by atoms with van der Waals surface area (Å²) >= 11 is 0. The van der Waals surface area contributed by atoms with Crippen LogP contribution in [0.3, 0.4) is 0 Å². The zero-order valence-corrected chi connectivity index (χ0v) is 15.7. The van der Waals surface area contributed by atoms with Gasteiger partial charge in [0.05, 0.1) is 0 Å². The summed E-state index contributed by atoms with van der Waals surface area (Å²) in [5.74, 6) is -0.283. The summed E-state index contributed by atoms with van der Waals surface area (Å²) in [7, 11) is 0. The van der Waals surface area contributed by atoms with Crippen molar-refractivity contribution in [1.82, 2.24) is 9.80 Å². The number of aliphatic hydroxyl groups is 1. The Bertz CT molecular complexity index is 791. The molecule has 0 aliphatic carbocycles. The minimum Gasteiger partial charge on any atom is -0.378 e. The molecule has 27 heavy (non-hydrogen) atoms. The van der Waals surface area contributed by atoms with Crippen LogP contribution >= 0.6 is 0 Å². The number of rotatable bonds is 4.